The molecule has 2 saturated heterocycles. The molecule has 12 heteroatoms. The number of hydrogen-bond donors (Lipinski definition) is 3. The van der Waals surface area contributed by atoms with Gasteiger partial charge in [0.25, 0.3) is 0 Å². The van der Waals surface area contributed by atoms with E-state index in [-0.39, 0.29) is 16.7 Å². The Hall–Kier alpha value is -2.64. The van der Waals surface area contributed by atoms with Gasteiger partial charge < -0.3 is 20.9 Å². The molecule has 214 valence electrons. The van der Waals surface area contributed by atoms with Crippen molar-refractivity contribution in [1.29, 1.82) is 0 Å². The zero-order chi connectivity index (χ0) is 27.5. The van der Waals surface area contributed by atoms with Crippen molar-refractivity contribution in [2.24, 2.45) is 5.92 Å². The van der Waals surface area contributed by atoms with Crippen LogP contribution in [0.25, 0.3) is 10.3 Å². The smallest absolute Gasteiger partial charge is 0.243 e. The van der Waals surface area contributed by atoms with E-state index in [9.17, 15) is 13.2 Å². The topological polar surface area (TPSA) is 120 Å². The summed E-state index contributed by atoms with van der Waals surface area (Å²) < 4.78 is 27.8. The minimum Gasteiger partial charge on any atom is -0.354 e. The Bertz CT molecular complexity index is 1430. The lowest BCUT2D eigenvalue weighted by molar-refractivity contribution is -0.118. The predicted molar refractivity (Wildman–Crippen MR) is 159 cm³/mol. The van der Waals surface area contributed by atoms with Crippen LogP contribution in [0.5, 0.6) is 0 Å². The standard InChI is InChI=1S/C28H37N7O3S2/c36-26(33-28-31-24-9-10-25(32-27(24)39-28)34-15-11-29-12-16-34)23(19-20-3-1-2-4-20)21-5-7-22(8-6-21)40(37,38)35-17-13-30-14-18-35/h5-10,20,23,29-30H,1-4,11-19H2,(H,31,33,36). The lowest BCUT2D eigenvalue weighted by Crippen LogP contribution is -2.46. The summed E-state index contributed by atoms with van der Waals surface area (Å²) in [6, 6.07) is 10.9. The summed E-state index contributed by atoms with van der Waals surface area (Å²) in [4.78, 5) is 26.5. The van der Waals surface area contributed by atoms with Crippen LogP contribution in [0.3, 0.4) is 0 Å². The highest BCUT2D eigenvalue weighted by Crippen LogP contribution is 2.36. The van der Waals surface area contributed by atoms with Gasteiger partial charge in [-0.15, -0.1) is 0 Å². The first-order valence-corrected chi connectivity index (χ1v) is 16.6. The van der Waals surface area contributed by atoms with Crippen LogP contribution in [-0.4, -0.2) is 81.0 Å². The van der Waals surface area contributed by atoms with E-state index < -0.39 is 10.0 Å². The van der Waals surface area contributed by atoms with Crippen LogP contribution < -0.4 is 20.9 Å². The highest BCUT2D eigenvalue weighted by molar-refractivity contribution is 7.89. The minimum absolute atomic E-state index is 0.106. The van der Waals surface area contributed by atoms with Gasteiger partial charge in [-0.1, -0.05) is 49.2 Å². The number of pyridine rings is 1. The maximum absolute atomic E-state index is 13.7. The molecule has 1 saturated carbocycles. The van der Waals surface area contributed by atoms with Crippen LogP contribution in [-0.2, 0) is 14.8 Å². The van der Waals surface area contributed by atoms with Crippen molar-refractivity contribution >= 4 is 48.6 Å². The number of thiazole rings is 1. The molecule has 6 rings (SSSR count). The molecule has 0 bridgehead atoms. The van der Waals surface area contributed by atoms with Gasteiger partial charge in [0.05, 0.1) is 10.8 Å². The molecule has 3 fully saturated rings. The maximum Gasteiger partial charge on any atom is 0.243 e. The lowest BCUT2D eigenvalue weighted by Gasteiger charge is -2.28. The Morgan fingerprint density at radius 2 is 1.62 bits per heavy atom. The van der Waals surface area contributed by atoms with Crippen molar-refractivity contribution in [3.05, 3.63) is 42.0 Å². The number of rotatable bonds is 8. The Balaban J connectivity index is 1.21. The van der Waals surface area contributed by atoms with Gasteiger partial charge in [0.2, 0.25) is 15.9 Å². The fourth-order valence-electron chi connectivity index (χ4n) is 6.00. The van der Waals surface area contributed by atoms with Gasteiger partial charge in [-0.3, -0.25) is 4.79 Å². The number of hydrogen-bond acceptors (Lipinski definition) is 9. The molecular formula is C28H37N7O3S2. The van der Waals surface area contributed by atoms with Crippen LogP contribution in [0.1, 0.15) is 43.6 Å². The van der Waals surface area contributed by atoms with Gasteiger partial charge in [-0.2, -0.15) is 4.31 Å². The molecule has 0 radical (unpaired) electrons. The van der Waals surface area contributed by atoms with Gasteiger partial charge >= 0.3 is 0 Å². The van der Waals surface area contributed by atoms with Crippen molar-refractivity contribution in [2.45, 2.75) is 42.9 Å². The predicted octanol–water partition coefficient (Wildman–Crippen LogP) is 3.00. The van der Waals surface area contributed by atoms with Crippen LogP contribution in [0.2, 0.25) is 0 Å². The number of sulfonamides is 1. The van der Waals surface area contributed by atoms with Crippen LogP contribution in [0.15, 0.2) is 41.3 Å². The SMILES string of the molecule is O=C(Nc1nc2ccc(N3CCNCC3)nc2s1)C(CC1CCCC1)c1ccc(S(=O)(=O)N2CCNCC2)cc1. The van der Waals surface area contributed by atoms with E-state index in [0.717, 1.165) is 67.2 Å². The average molecular weight is 584 g/mol. The monoisotopic (exact) mass is 583 g/mol. The number of carbonyl (C=O) groups is 1. The second-order valence-electron chi connectivity index (χ2n) is 10.9. The molecule has 40 heavy (non-hydrogen) atoms. The van der Waals surface area contributed by atoms with E-state index in [1.807, 2.05) is 24.3 Å². The number of anilines is 2. The summed E-state index contributed by atoms with van der Waals surface area (Å²) in [5, 5.41) is 10.2. The molecule has 1 aliphatic carbocycles. The van der Waals surface area contributed by atoms with E-state index >= 15 is 0 Å². The number of piperazine rings is 2. The molecule has 3 aliphatic rings. The first-order valence-electron chi connectivity index (χ1n) is 14.3. The third-order valence-electron chi connectivity index (χ3n) is 8.27. The zero-order valence-electron chi connectivity index (χ0n) is 22.6. The highest BCUT2D eigenvalue weighted by atomic mass is 32.2. The maximum atomic E-state index is 13.7. The molecule has 4 heterocycles. The molecule has 2 aromatic heterocycles. The summed E-state index contributed by atoms with van der Waals surface area (Å²) in [5.41, 5.74) is 1.61. The summed E-state index contributed by atoms with van der Waals surface area (Å²) in [5.74, 6) is 0.936. The van der Waals surface area contributed by atoms with Gasteiger partial charge in [0, 0.05) is 52.4 Å². The number of aromatic nitrogens is 2. The van der Waals surface area contributed by atoms with E-state index in [0.29, 0.717) is 37.2 Å². The largest absolute Gasteiger partial charge is 0.354 e. The van der Waals surface area contributed by atoms with E-state index in [1.54, 1.807) is 12.1 Å². The summed E-state index contributed by atoms with van der Waals surface area (Å²) in [6.07, 6.45) is 5.38. The second kappa shape index (κ2) is 12.1. The van der Waals surface area contributed by atoms with Gasteiger partial charge in [0.15, 0.2) is 5.13 Å². The minimum atomic E-state index is -3.55. The number of benzene rings is 1. The first kappa shape index (κ1) is 27.5. The Morgan fingerprint density at radius 3 is 2.33 bits per heavy atom. The first-order chi connectivity index (χ1) is 19.5. The lowest BCUT2D eigenvalue weighted by atomic mass is 9.87. The van der Waals surface area contributed by atoms with E-state index in [4.69, 9.17) is 4.98 Å². The molecule has 10 nitrogen and oxygen atoms in total. The molecule has 0 spiro atoms. The Kier molecular flexibility index (Phi) is 8.31. The molecule has 3 N–H and O–H groups in total. The average Bonchev–Trinajstić information content (AvgIpc) is 3.66. The zero-order valence-corrected chi connectivity index (χ0v) is 24.3. The van der Waals surface area contributed by atoms with E-state index in [2.05, 4.69) is 25.8 Å². The molecule has 2 aliphatic heterocycles. The number of amides is 1. The molecule has 1 atom stereocenters. The van der Waals surface area contributed by atoms with Gasteiger partial charge in [-0.25, -0.2) is 18.4 Å². The van der Waals surface area contributed by atoms with Crippen molar-refractivity contribution in [2.75, 3.05) is 62.6 Å². The molecule has 3 aromatic rings. The summed E-state index contributed by atoms with van der Waals surface area (Å²) in [6.45, 7) is 5.94. The Labute approximate surface area is 239 Å². The van der Waals surface area contributed by atoms with Crippen LogP contribution in [0, 0.1) is 5.92 Å². The van der Waals surface area contributed by atoms with Gasteiger partial charge in [0.1, 0.15) is 16.2 Å². The number of nitrogens with one attached hydrogen (secondary N) is 3. The van der Waals surface area contributed by atoms with Crippen molar-refractivity contribution in [3.63, 3.8) is 0 Å². The van der Waals surface area contributed by atoms with Crippen molar-refractivity contribution in [3.8, 4) is 0 Å². The van der Waals surface area contributed by atoms with Gasteiger partial charge in [-0.05, 0) is 42.2 Å². The second-order valence-corrected chi connectivity index (χ2v) is 13.8. The molecule has 1 unspecified atom stereocenters. The van der Waals surface area contributed by atoms with Crippen molar-refractivity contribution < 1.29 is 13.2 Å². The fourth-order valence-corrected chi connectivity index (χ4v) is 8.28. The number of fused-ring (bicyclic) bond motifs is 1. The van der Waals surface area contributed by atoms with Crippen LogP contribution >= 0.6 is 11.3 Å². The number of carbonyl (C=O) groups excluding carboxylic acids is 1. The third-order valence-corrected chi connectivity index (χ3v) is 11.1. The van der Waals surface area contributed by atoms with Crippen molar-refractivity contribution in [1.82, 2.24) is 24.9 Å². The van der Waals surface area contributed by atoms with E-state index in [1.165, 1.54) is 28.5 Å². The number of nitrogens with zero attached hydrogens (tertiary/aromatic N) is 4. The normalized spacial score (nSPS) is 20.1. The van der Waals surface area contributed by atoms with Crippen LogP contribution in [0.4, 0.5) is 10.9 Å². The molecule has 1 aromatic carbocycles. The molecule has 1 amide bonds. The summed E-state index contributed by atoms with van der Waals surface area (Å²) >= 11 is 1.39. The summed E-state index contributed by atoms with van der Waals surface area (Å²) in [7, 11) is -3.55. The quantitative estimate of drug-likeness (QED) is 0.370. The third kappa shape index (κ3) is 6.01. The highest BCUT2D eigenvalue weighted by Gasteiger charge is 2.30. The fraction of sp³-hybridized carbons (Fsp3) is 0.536. The molecular weight excluding hydrogens is 546 g/mol. The Morgan fingerprint density at radius 1 is 0.950 bits per heavy atom.